The van der Waals surface area contributed by atoms with Crippen LogP contribution in [0, 0.1) is 5.82 Å². The number of hydrogen-bond acceptors (Lipinski definition) is 5. The Morgan fingerprint density at radius 3 is 2.64 bits per heavy atom. The first-order valence-electron chi connectivity index (χ1n) is 12.0. The number of benzene rings is 2. The van der Waals surface area contributed by atoms with Crippen LogP contribution >= 0.6 is 0 Å². The van der Waals surface area contributed by atoms with E-state index in [1.165, 1.54) is 21.9 Å². The molecule has 1 fully saturated rings. The molecule has 1 aliphatic heterocycles. The first-order chi connectivity index (χ1) is 17.1. The number of carbonyl (C=O) groups is 2. The van der Waals surface area contributed by atoms with Crippen molar-refractivity contribution in [2.75, 3.05) is 19.6 Å². The number of rotatable bonds is 6. The molecule has 2 aromatic carbocycles. The molecule has 0 spiro atoms. The Balaban J connectivity index is 1.50. The molecule has 1 aromatic heterocycles. The zero-order valence-corrected chi connectivity index (χ0v) is 20.7. The largest absolute Gasteiger partial charge is 0.445 e. The van der Waals surface area contributed by atoms with Crippen LogP contribution in [-0.2, 0) is 22.5 Å². The number of H-pyrrole nitrogens is 1. The fourth-order valence-electron chi connectivity index (χ4n) is 4.35. The highest BCUT2D eigenvalue weighted by Crippen LogP contribution is 2.24. The summed E-state index contributed by atoms with van der Waals surface area (Å²) >= 11 is 0. The van der Waals surface area contributed by atoms with Crippen molar-refractivity contribution in [1.82, 2.24) is 14.8 Å². The van der Waals surface area contributed by atoms with Crippen LogP contribution in [0.25, 0.3) is 10.9 Å². The van der Waals surface area contributed by atoms with Crippen LogP contribution in [0.2, 0.25) is 0 Å². The number of ether oxygens (including phenoxy) is 2. The number of amides is 2. The minimum atomic E-state index is -0.959. The second kappa shape index (κ2) is 10.6. The number of aliphatic hydroxyl groups excluding tert-OH is 1. The molecule has 2 N–H and O–H groups in total. The normalized spacial score (nSPS) is 17.9. The van der Waals surface area contributed by atoms with Gasteiger partial charge in [0.2, 0.25) is 0 Å². The lowest BCUT2D eigenvalue weighted by Gasteiger charge is -2.30. The highest BCUT2D eigenvalue weighted by molar-refractivity contribution is 5.83. The van der Waals surface area contributed by atoms with E-state index in [2.05, 4.69) is 4.98 Å². The summed E-state index contributed by atoms with van der Waals surface area (Å²) in [5.74, 6) is -0.335. The predicted molar refractivity (Wildman–Crippen MR) is 133 cm³/mol. The first-order valence-corrected chi connectivity index (χ1v) is 12.0. The lowest BCUT2D eigenvalue weighted by Crippen LogP contribution is -2.48. The summed E-state index contributed by atoms with van der Waals surface area (Å²) in [6.45, 7) is 5.81. The molecule has 0 aliphatic carbocycles. The third-order valence-electron chi connectivity index (χ3n) is 6.10. The van der Waals surface area contributed by atoms with Gasteiger partial charge >= 0.3 is 12.2 Å². The van der Waals surface area contributed by atoms with Crippen molar-refractivity contribution in [2.45, 2.75) is 51.5 Å². The van der Waals surface area contributed by atoms with E-state index in [0.29, 0.717) is 11.9 Å². The maximum atomic E-state index is 13.6. The maximum absolute atomic E-state index is 13.6. The van der Waals surface area contributed by atoms with Gasteiger partial charge < -0.3 is 29.4 Å². The number of carbonyl (C=O) groups excluding carboxylic acids is 2. The molecule has 4 rings (SSSR count). The average Bonchev–Trinajstić information content (AvgIpc) is 3.40. The van der Waals surface area contributed by atoms with Crippen molar-refractivity contribution in [1.29, 1.82) is 0 Å². The number of fused-ring (bicyclic) bond motifs is 1. The van der Waals surface area contributed by atoms with E-state index >= 15 is 0 Å². The highest BCUT2D eigenvalue weighted by Gasteiger charge is 2.41. The average molecular weight is 498 g/mol. The topological polar surface area (TPSA) is 95.1 Å². The van der Waals surface area contributed by atoms with Gasteiger partial charge in [-0.2, -0.15) is 0 Å². The fourth-order valence-corrected chi connectivity index (χ4v) is 4.35. The van der Waals surface area contributed by atoms with E-state index in [9.17, 15) is 19.1 Å². The minimum Gasteiger partial charge on any atom is -0.445 e. The van der Waals surface area contributed by atoms with E-state index in [4.69, 9.17) is 9.47 Å². The zero-order valence-electron chi connectivity index (χ0n) is 20.7. The number of β-amino-alcohol motifs (C(OH)–C–C–N with tert-alkyl or cyclic N) is 1. The van der Waals surface area contributed by atoms with E-state index < -0.39 is 29.9 Å². The lowest BCUT2D eigenvalue weighted by molar-refractivity contribution is 0.0267. The molecule has 0 saturated carbocycles. The third-order valence-corrected chi connectivity index (χ3v) is 6.10. The number of likely N-dealkylation sites (tertiary alicyclic amines) is 1. The van der Waals surface area contributed by atoms with Crippen LogP contribution in [0.3, 0.4) is 0 Å². The van der Waals surface area contributed by atoms with Crippen LogP contribution in [0.15, 0.2) is 54.7 Å². The van der Waals surface area contributed by atoms with Crippen LogP contribution in [0.1, 0.15) is 31.9 Å². The van der Waals surface area contributed by atoms with Gasteiger partial charge in [-0.25, -0.2) is 14.0 Å². The number of hydrogen-bond donors (Lipinski definition) is 2. The molecule has 192 valence electrons. The van der Waals surface area contributed by atoms with E-state index in [1.807, 2.05) is 30.3 Å². The highest BCUT2D eigenvalue weighted by atomic mass is 19.1. The number of nitrogens with one attached hydrogen (secondary N) is 1. The molecule has 2 heterocycles. The molecular formula is C27H32FN3O5. The van der Waals surface area contributed by atoms with Gasteiger partial charge in [-0.1, -0.05) is 30.3 Å². The Hall–Kier alpha value is -3.59. The Labute approximate surface area is 209 Å². The second-order valence-electron chi connectivity index (χ2n) is 10.0. The Morgan fingerprint density at radius 2 is 1.92 bits per heavy atom. The Kier molecular flexibility index (Phi) is 7.49. The number of halogens is 1. The first kappa shape index (κ1) is 25.5. The summed E-state index contributed by atoms with van der Waals surface area (Å²) in [6, 6.07) is 13.2. The third kappa shape index (κ3) is 6.15. The van der Waals surface area contributed by atoms with Crippen molar-refractivity contribution in [3.05, 3.63) is 71.7 Å². The summed E-state index contributed by atoms with van der Waals surface area (Å²) in [5, 5.41) is 11.7. The molecule has 9 heteroatoms. The van der Waals surface area contributed by atoms with Gasteiger partial charge in [-0.3, -0.25) is 0 Å². The lowest BCUT2D eigenvalue weighted by atomic mass is 10.1. The van der Waals surface area contributed by atoms with Gasteiger partial charge in [-0.05, 0) is 56.5 Å². The quantitative estimate of drug-likeness (QED) is 0.524. The van der Waals surface area contributed by atoms with Gasteiger partial charge in [0, 0.05) is 30.2 Å². The van der Waals surface area contributed by atoms with E-state index in [1.54, 1.807) is 33.0 Å². The summed E-state index contributed by atoms with van der Waals surface area (Å²) < 4.78 is 24.6. The van der Waals surface area contributed by atoms with Crippen LogP contribution in [-0.4, -0.2) is 69.5 Å². The minimum absolute atomic E-state index is 0.0500. The molecule has 1 aliphatic rings. The number of aliphatic hydroxyl groups is 1. The van der Waals surface area contributed by atoms with Crippen LogP contribution in [0.5, 0.6) is 0 Å². The fraction of sp³-hybridized carbons (Fsp3) is 0.407. The molecule has 0 radical (unpaired) electrons. The Morgan fingerprint density at radius 1 is 1.17 bits per heavy atom. The van der Waals surface area contributed by atoms with Crippen molar-refractivity contribution in [3.63, 3.8) is 0 Å². The van der Waals surface area contributed by atoms with E-state index in [0.717, 1.165) is 16.5 Å². The summed E-state index contributed by atoms with van der Waals surface area (Å²) in [5.41, 5.74) is 1.73. The molecule has 36 heavy (non-hydrogen) atoms. The summed E-state index contributed by atoms with van der Waals surface area (Å²) in [7, 11) is 0. The summed E-state index contributed by atoms with van der Waals surface area (Å²) in [4.78, 5) is 31.8. The SMILES string of the molecule is CC(C)(C)OC(=O)N1CC(O)[C@@H](N(CCc2c[nH]c3cc(F)ccc23)C(=O)OCc2ccccc2)C1. The van der Waals surface area contributed by atoms with Crippen molar-refractivity contribution in [3.8, 4) is 0 Å². The molecule has 3 aromatic rings. The standard InChI is InChI=1S/C27H32FN3O5/c1-27(2,3)36-25(33)30-15-23(24(32)16-30)31(26(34)35-17-18-7-5-4-6-8-18)12-11-19-14-29-22-13-20(28)9-10-21(19)22/h4-10,13-14,23-24,29,32H,11-12,15-17H2,1-3H3/t23-,24?/m0/s1. The van der Waals surface area contributed by atoms with Crippen molar-refractivity contribution in [2.24, 2.45) is 0 Å². The number of aromatic nitrogens is 1. The number of aromatic amines is 1. The molecule has 1 unspecified atom stereocenters. The van der Waals surface area contributed by atoms with Gasteiger partial charge in [0.25, 0.3) is 0 Å². The van der Waals surface area contributed by atoms with Crippen LogP contribution < -0.4 is 0 Å². The summed E-state index contributed by atoms with van der Waals surface area (Å²) in [6.07, 6.45) is 0.149. The van der Waals surface area contributed by atoms with Crippen molar-refractivity contribution >= 4 is 23.1 Å². The van der Waals surface area contributed by atoms with Gasteiger partial charge in [-0.15, -0.1) is 0 Å². The second-order valence-corrected chi connectivity index (χ2v) is 10.0. The molecule has 0 bridgehead atoms. The van der Waals surface area contributed by atoms with Gasteiger partial charge in [0.1, 0.15) is 18.0 Å². The van der Waals surface area contributed by atoms with E-state index in [-0.39, 0.29) is 32.1 Å². The molecule has 1 saturated heterocycles. The number of nitrogens with zero attached hydrogens (tertiary/aromatic N) is 2. The smallest absolute Gasteiger partial charge is 0.410 e. The Bertz CT molecular complexity index is 1210. The monoisotopic (exact) mass is 497 g/mol. The van der Waals surface area contributed by atoms with Gasteiger partial charge in [0.05, 0.1) is 18.7 Å². The molecular weight excluding hydrogens is 465 g/mol. The molecule has 2 amide bonds. The molecule has 8 nitrogen and oxygen atoms in total. The molecule has 2 atom stereocenters. The zero-order chi connectivity index (χ0) is 25.9. The predicted octanol–water partition coefficient (Wildman–Crippen LogP) is 4.47. The maximum Gasteiger partial charge on any atom is 0.410 e. The van der Waals surface area contributed by atoms with Gasteiger partial charge in [0.15, 0.2) is 0 Å². The van der Waals surface area contributed by atoms with Crippen molar-refractivity contribution < 1.29 is 28.6 Å². The van der Waals surface area contributed by atoms with Crippen LogP contribution in [0.4, 0.5) is 14.0 Å².